The number of para-hydroxylation sites is 1. The van der Waals surface area contributed by atoms with Gasteiger partial charge in [-0.1, -0.05) is 24.3 Å². The molecular formula is C22H18F2N2O2. The maximum Gasteiger partial charge on any atom is 0.255 e. The van der Waals surface area contributed by atoms with E-state index < -0.39 is 17.5 Å². The summed E-state index contributed by atoms with van der Waals surface area (Å²) in [7, 11) is 0. The third-order valence-electron chi connectivity index (χ3n) is 4.28. The van der Waals surface area contributed by atoms with E-state index in [0.29, 0.717) is 5.56 Å². The molecular weight excluding hydrogens is 362 g/mol. The number of anilines is 2. The van der Waals surface area contributed by atoms with Crippen molar-refractivity contribution >= 4 is 23.2 Å². The highest BCUT2D eigenvalue weighted by Gasteiger charge is 2.13. The lowest BCUT2D eigenvalue weighted by molar-refractivity contribution is 0.102. The van der Waals surface area contributed by atoms with Crippen LogP contribution >= 0.6 is 0 Å². The Morgan fingerprint density at radius 3 is 1.89 bits per heavy atom. The van der Waals surface area contributed by atoms with E-state index in [-0.39, 0.29) is 17.2 Å². The summed E-state index contributed by atoms with van der Waals surface area (Å²) < 4.78 is 26.3. The number of nitrogens with one attached hydrogen (secondary N) is 2. The molecule has 0 atom stereocenters. The van der Waals surface area contributed by atoms with E-state index in [0.717, 1.165) is 28.9 Å². The SMILES string of the molecule is Cc1cccc(C)c1NC(=O)c1cccc(C(=O)Nc2ccc(F)c(F)c2)c1. The van der Waals surface area contributed by atoms with Crippen LogP contribution in [0.3, 0.4) is 0 Å². The molecule has 0 radical (unpaired) electrons. The second kappa shape index (κ2) is 8.00. The molecule has 0 saturated heterocycles. The quantitative estimate of drug-likeness (QED) is 0.663. The zero-order valence-corrected chi connectivity index (χ0v) is 15.3. The lowest BCUT2D eigenvalue weighted by atomic mass is 10.1. The highest BCUT2D eigenvalue weighted by molar-refractivity contribution is 6.09. The van der Waals surface area contributed by atoms with Gasteiger partial charge in [-0.3, -0.25) is 9.59 Å². The van der Waals surface area contributed by atoms with Crippen LogP contribution in [0.5, 0.6) is 0 Å². The van der Waals surface area contributed by atoms with Crippen LogP contribution < -0.4 is 10.6 Å². The molecule has 0 aliphatic rings. The van der Waals surface area contributed by atoms with Crippen molar-refractivity contribution < 1.29 is 18.4 Å². The van der Waals surface area contributed by atoms with Gasteiger partial charge in [-0.15, -0.1) is 0 Å². The van der Waals surface area contributed by atoms with Crippen molar-refractivity contribution in [1.82, 2.24) is 0 Å². The Bertz CT molecular complexity index is 1040. The summed E-state index contributed by atoms with van der Waals surface area (Å²) in [5, 5.41) is 5.35. The molecule has 2 N–H and O–H groups in total. The fourth-order valence-corrected chi connectivity index (χ4v) is 2.78. The number of hydrogen-bond acceptors (Lipinski definition) is 2. The number of benzene rings is 3. The summed E-state index contributed by atoms with van der Waals surface area (Å²) >= 11 is 0. The first-order valence-corrected chi connectivity index (χ1v) is 8.59. The number of carbonyl (C=O) groups is 2. The largest absolute Gasteiger partial charge is 0.322 e. The van der Waals surface area contributed by atoms with Gasteiger partial charge in [0.1, 0.15) is 0 Å². The summed E-state index contributed by atoms with van der Waals surface area (Å²) in [5.74, 6) is -2.93. The molecule has 4 nitrogen and oxygen atoms in total. The molecule has 0 saturated carbocycles. The molecule has 0 heterocycles. The zero-order valence-electron chi connectivity index (χ0n) is 15.3. The van der Waals surface area contributed by atoms with Gasteiger partial charge in [-0.05, 0) is 55.3 Å². The van der Waals surface area contributed by atoms with E-state index in [1.165, 1.54) is 18.2 Å². The van der Waals surface area contributed by atoms with E-state index in [9.17, 15) is 18.4 Å². The van der Waals surface area contributed by atoms with Gasteiger partial charge in [0, 0.05) is 28.6 Å². The fraction of sp³-hybridized carbons (Fsp3) is 0.0909. The Morgan fingerprint density at radius 2 is 1.29 bits per heavy atom. The van der Waals surface area contributed by atoms with Crippen LogP contribution in [0.2, 0.25) is 0 Å². The van der Waals surface area contributed by atoms with Gasteiger partial charge in [0.15, 0.2) is 11.6 Å². The molecule has 0 unspecified atom stereocenters. The van der Waals surface area contributed by atoms with Crippen LogP contribution in [0.15, 0.2) is 60.7 Å². The number of rotatable bonds is 4. The van der Waals surface area contributed by atoms with Crippen molar-refractivity contribution in [3.05, 3.63) is 94.6 Å². The van der Waals surface area contributed by atoms with E-state index in [1.54, 1.807) is 12.1 Å². The lowest BCUT2D eigenvalue weighted by Crippen LogP contribution is -2.16. The number of hydrogen-bond donors (Lipinski definition) is 2. The van der Waals surface area contributed by atoms with Gasteiger partial charge in [-0.25, -0.2) is 8.78 Å². The molecule has 142 valence electrons. The van der Waals surface area contributed by atoms with E-state index in [2.05, 4.69) is 10.6 Å². The number of amides is 2. The van der Waals surface area contributed by atoms with Crippen LogP contribution in [0.25, 0.3) is 0 Å². The minimum atomic E-state index is -1.06. The highest BCUT2D eigenvalue weighted by Crippen LogP contribution is 2.21. The molecule has 3 aromatic carbocycles. The van der Waals surface area contributed by atoms with Gasteiger partial charge >= 0.3 is 0 Å². The predicted molar refractivity (Wildman–Crippen MR) is 105 cm³/mol. The van der Waals surface area contributed by atoms with Crippen LogP contribution in [0.1, 0.15) is 31.8 Å². The third kappa shape index (κ3) is 4.23. The lowest BCUT2D eigenvalue weighted by Gasteiger charge is -2.12. The minimum absolute atomic E-state index is 0.120. The first kappa shape index (κ1) is 19.2. The molecule has 3 rings (SSSR count). The summed E-state index contributed by atoms with van der Waals surface area (Å²) in [4.78, 5) is 25.0. The van der Waals surface area contributed by atoms with E-state index in [4.69, 9.17) is 0 Å². The number of halogens is 2. The zero-order chi connectivity index (χ0) is 20.3. The molecule has 0 bridgehead atoms. The van der Waals surface area contributed by atoms with Crippen molar-refractivity contribution in [1.29, 1.82) is 0 Å². The summed E-state index contributed by atoms with van der Waals surface area (Å²) in [5.41, 5.74) is 3.24. The molecule has 0 fully saturated rings. The minimum Gasteiger partial charge on any atom is -0.322 e. The topological polar surface area (TPSA) is 58.2 Å². The molecule has 0 aromatic heterocycles. The Labute approximate surface area is 161 Å². The molecule has 6 heteroatoms. The van der Waals surface area contributed by atoms with Gasteiger partial charge in [0.2, 0.25) is 0 Å². The van der Waals surface area contributed by atoms with Gasteiger partial charge < -0.3 is 10.6 Å². The normalized spacial score (nSPS) is 10.4. The van der Waals surface area contributed by atoms with E-state index >= 15 is 0 Å². The third-order valence-corrected chi connectivity index (χ3v) is 4.28. The Morgan fingerprint density at radius 1 is 0.714 bits per heavy atom. The Hall–Kier alpha value is -3.54. The first-order valence-electron chi connectivity index (χ1n) is 8.59. The molecule has 0 aliphatic heterocycles. The number of aryl methyl sites for hydroxylation is 2. The Kier molecular flexibility index (Phi) is 5.49. The van der Waals surface area contributed by atoms with Crippen molar-refractivity contribution in [2.24, 2.45) is 0 Å². The smallest absolute Gasteiger partial charge is 0.255 e. The molecule has 2 amide bonds. The molecule has 0 aliphatic carbocycles. The monoisotopic (exact) mass is 380 g/mol. The Balaban J connectivity index is 1.78. The van der Waals surface area contributed by atoms with Crippen LogP contribution in [-0.2, 0) is 0 Å². The van der Waals surface area contributed by atoms with Crippen LogP contribution in [0, 0.1) is 25.5 Å². The summed E-state index contributed by atoms with van der Waals surface area (Å²) in [6.07, 6.45) is 0. The van der Waals surface area contributed by atoms with Gasteiger partial charge in [0.05, 0.1) is 0 Å². The molecule has 28 heavy (non-hydrogen) atoms. The molecule has 3 aromatic rings. The van der Waals surface area contributed by atoms with Crippen molar-refractivity contribution in [3.8, 4) is 0 Å². The average Bonchev–Trinajstić information content (AvgIpc) is 2.67. The average molecular weight is 380 g/mol. The van der Waals surface area contributed by atoms with Gasteiger partial charge in [-0.2, -0.15) is 0 Å². The second-order valence-electron chi connectivity index (χ2n) is 6.38. The van der Waals surface area contributed by atoms with Crippen LogP contribution in [0.4, 0.5) is 20.2 Å². The number of carbonyl (C=O) groups excluding carboxylic acids is 2. The summed E-state index contributed by atoms with van der Waals surface area (Å²) in [6.45, 7) is 3.79. The predicted octanol–water partition coefficient (Wildman–Crippen LogP) is 5.09. The van der Waals surface area contributed by atoms with Crippen molar-refractivity contribution in [2.75, 3.05) is 10.6 Å². The fourth-order valence-electron chi connectivity index (χ4n) is 2.78. The maximum atomic E-state index is 13.3. The summed E-state index contributed by atoms with van der Waals surface area (Å²) in [6, 6.07) is 14.9. The van der Waals surface area contributed by atoms with Gasteiger partial charge in [0.25, 0.3) is 11.8 Å². The second-order valence-corrected chi connectivity index (χ2v) is 6.38. The molecule has 0 spiro atoms. The maximum absolute atomic E-state index is 13.3. The van der Waals surface area contributed by atoms with E-state index in [1.807, 2.05) is 32.0 Å². The van der Waals surface area contributed by atoms with Crippen molar-refractivity contribution in [2.45, 2.75) is 13.8 Å². The highest BCUT2D eigenvalue weighted by atomic mass is 19.2. The first-order chi connectivity index (χ1) is 13.3. The standard InChI is InChI=1S/C22H18F2N2O2/c1-13-5-3-6-14(2)20(13)26-22(28)16-8-4-7-15(11-16)21(27)25-17-9-10-18(23)19(24)12-17/h3-12H,1-2H3,(H,25,27)(H,26,28). The van der Waals surface area contributed by atoms with Crippen molar-refractivity contribution in [3.63, 3.8) is 0 Å². The van der Waals surface area contributed by atoms with Crippen LogP contribution in [-0.4, -0.2) is 11.8 Å².